The van der Waals surface area contributed by atoms with Crippen molar-refractivity contribution < 1.29 is 9.53 Å². The smallest absolute Gasteiger partial charge is 0.306 e. The maximum Gasteiger partial charge on any atom is 0.306 e. The zero-order chi connectivity index (χ0) is 12.7. The van der Waals surface area contributed by atoms with E-state index in [0.717, 1.165) is 25.2 Å². The van der Waals surface area contributed by atoms with E-state index < -0.39 is 0 Å². The van der Waals surface area contributed by atoms with Crippen LogP contribution in [0.5, 0.6) is 0 Å². The van der Waals surface area contributed by atoms with Gasteiger partial charge in [-0.05, 0) is 37.0 Å². The molecule has 3 atom stereocenters. The third-order valence-corrected chi connectivity index (χ3v) is 5.72. The summed E-state index contributed by atoms with van der Waals surface area (Å²) in [6, 6.07) is 0. The van der Waals surface area contributed by atoms with Gasteiger partial charge in [0.05, 0.1) is 0 Å². The van der Waals surface area contributed by atoms with E-state index >= 15 is 0 Å². The van der Waals surface area contributed by atoms with E-state index in [1.165, 1.54) is 12.8 Å². The summed E-state index contributed by atoms with van der Waals surface area (Å²) in [7, 11) is 0. The predicted octanol–water partition coefficient (Wildman–Crippen LogP) is 3.93. The Morgan fingerprint density at radius 2 is 2.06 bits per heavy atom. The molecule has 0 heterocycles. The van der Waals surface area contributed by atoms with E-state index in [4.69, 9.17) is 4.74 Å². The number of unbranched alkanes of at least 4 members (excludes halogenated alkanes) is 1. The second-order valence-electron chi connectivity index (χ2n) is 6.69. The monoisotopic (exact) mass is 238 g/mol. The molecule has 2 saturated carbocycles. The van der Waals surface area contributed by atoms with Crippen LogP contribution in [0.4, 0.5) is 0 Å². The van der Waals surface area contributed by atoms with Crippen LogP contribution < -0.4 is 0 Å². The minimum atomic E-state index is 0.0152. The van der Waals surface area contributed by atoms with Gasteiger partial charge in [-0.15, -0.1) is 0 Å². The van der Waals surface area contributed by atoms with E-state index in [-0.39, 0.29) is 17.5 Å². The van der Waals surface area contributed by atoms with Crippen LogP contribution in [0, 0.1) is 16.7 Å². The largest absolute Gasteiger partial charge is 0.462 e. The Kier molecular flexibility index (Phi) is 3.26. The van der Waals surface area contributed by atoms with Gasteiger partial charge in [0.15, 0.2) is 0 Å². The quantitative estimate of drug-likeness (QED) is 0.694. The second-order valence-corrected chi connectivity index (χ2v) is 6.69. The Bertz CT molecular complexity index is 308. The average molecular weight is 238 g/mol. The van der Waals surface area contributed by atoms with Crippen molar-refractivity contribution in [3.05, 3.63) is 0 Å². The molecule has 0 saturated heterocycles. The summed E-state index contributed by atoms with van der Waals surface area (Å²) in [5, 5.41) is 0. The lowest BCUT2D eigenvalue weighted by Crippen LogP contribution is -2.38. The topological polar surface area (TPSA) is 26.3 Å². The van der Waals surface area contributed by atoms with Crippen molar-refractivity contribution in [2.45, 2.75) is 72.3 Å². The molecule has 98 valence electrons. The molecule has 2 fully saturated rings. The number of carbonyl (C=O) groups excluding carboxylic acids is 1. The van der Waals surface area contributed by atoms with Gasteiger partial charge in [0, 0.05) is 11.8 Å². The molecule has 17 heavy (non-hydrogen) atoms. The van der Waals surface area contributed by atoms with E-state index in [0.29, 0.717) is 11.8 Å². The van der Waals surface area contributed by atoms with Crippen LogP contribution in [0.1, 0.15) is 66.2 Å². The Morgan fingerprint density at radius 3 is 2.53 bits per heavy atom. The number of fused-ring (bicyclic) bond motifs is 2. The van der Waals surface area contributed by atoms with E-state index in [1.54, 1.807) is 0 Å². The fourth-order valence-corrected chi connectivity index (χ4v) is 3.85. The standard InChI is InChI=1S/C15H26O2/c1-5-6-7-13(16)17-12-10-11-8-9-15(12,4)14(11,2)3/h11-12H,5-10H2,1-4H3. The molecule has 2 bridgehead atoms. The van der Waals surface area contributed by atoms with Crippen LogP contribution in [0.3, 0.4) is 0 Å². The summed E-state index contributed by atoms with van der Waals surface area (Å²) in [5.74, 6) is 0.762. The Labute approximate surface area is 105 Å². The van der Waals surface area contributed by atoms with Crippen molar-refractivity contribution in [3.8, 4) is 0 Å². The minimum absolute atomic E-state index is 0.0152. The van der Waals surface area contributed by atoms with E-state index in [1.807, 2.05) is 0 Å². The van der Waals surface area contributed by atoms with Crippen LogP contribution >= 0.6 is 0 Å². The molecule has 0 spiro atoms. The van der Waals surface area contributed by atoms with Gasteiger partial charge in [-0.25, -0.2) is 0 Å². The summed E-state index contributed by atoms with van der Waals surface area (Å²) < 4.78 is 5.75. The van der Waals surface area contributed by atoms with Crippen molar-refractivity contribution in [1.82, 2.24) is 0 Å². The van der Waals surface area contributed by atoms with Crippen molar-refractivity contribution >= 4 is 5.97 Å². The molecule has 0 aliphatic heterocycles. The summed E-state index contributed by atoms with van der Waals surface area (Å²) in [6.45, 7) is 9.13. The van der Waals surface area contributed by atoms with Gasteiger partial charge >= 0.3 is 5.97 Å². The molecule has 2 nitrogen and oxygen atoms in total. The normalized spacial score (nSPS) is 38.4. The van der Waals surface area contributed by atoms with Crippen LogP contribution in [-0.2, 0) is 9.53 Å². The maximum atomic E-state index is 11.8. The molecule has 3 unspecified atom stereocenters. The first kappa shape index (κ1) is 12.9. The SMILES string of the molecule is CCCCC(=O)OC1CC2CCC1(C)C2(C)C. The molecule has 0 N–H and O–H groups in total. The third-order valence-electron chi connectivity index (χ3n) is 5.72. The fourth-order valence-electron chi connectivity index (χ4n) is 3.85. The van der Waals surface area contributed by atoms with Crippen LogP contribution in [0.25, 0.3) is 0 Å². The van der Waals surface area contributed by atoms with Gasteiger partial charge in [-0.3, -0.25) is 4.79 Å². The van der Waals surface area contributed by atoms with Crippen molar-refractivity contribution in [3.63, 3.8) is 0 Å². The van der Waals surface area contributed by atoms with Gasteiger partial charge in [0.1, 0.15) is 6.10 Å². The number of esters is 1. The molecule has 2 heteroatoms. The van der Waals surface area contributed by atoms with Crippen LogP contribution in [0.2, 0.25) is 0 Å². The third kappa shape index (κ3) is 1.90. The molecule has 0 aromatic carbocycles. The lowest BCUT2D eigenvalue weighted by molar-refractivity contribution is -0.157. The molecule has 2 rings (SSSR count). The zero-order valence-corrected chi connectivity index (χ0v) is 11.7. The van der Waals surface area contributed by atoms with Gasteiger partial charge in [0.25, 0.3) is 0 Å². The Hall–Kier alpha value is -0.530. The minimum Gasteiger partial charge on any atom is -0.462 e. The van der Waals surface area contributed by atoms with Crippen molar-refractivity contribution in [2.24, 2.45) is 16.7 Å². The summed E-state index contributed by atoms with van der Waals surface area (Å²) in [5.41, 5.74) is 0.544. The fraction of sp³-hybridized carbons (Fsp3) is 0.933. The summed E-state index contributed by atoms with van der Waals surface area (Å²) in [6.07, 6.45) is 6.39. The highest BCUT2D eigenvalue weighted by atomic mass is 16.5. The Balaban J connectivity index is 1.98. The van der Waals surface area contributed by atoms with E-state index in [2.05, 4.69) is 27.7 Å². The van der Waals surface area contributed by atoms with Crippen LogP contribution in [-0.4, -0.2) is 12.1 Å². The number of rotatable bonds is 4. The van der Waals surface area contributed by atoms with Crippen LogP contribution in [0.15, 0.2) is 0 Å². The molecule has 0 amide bonds. The molecule has 0 radical (unpaired) electrons. The van der Waals surface area contributed by atoms with E-state index in [9.17, 15) is 4.79 Å². The maximum absolute atomic E-state index is 11.8. The summed E-state index contributed by atoms with van der Waals surface area (Å²) in [4.78, 5) is 11.8. The molecule has 2 aliphatic carbocycles. The molecular weight excluding hydrogens is 212 g/mol. The number of hydrogen-bond donors (Lipinski definition) is 0. The molecule has 2 aliphatic rings. The average Bonchev–Trinajstić information content (AvgIpc) is 2.59. The highest BCUT2D eigenvalue weighted by molar-refractivity contribution is 5.69. The van der Waals surface area contributed by atoms with Gasteiger partial charge in [-0.1, -0.05) is 34.1 Å². The highest BCUT2D eigenvalue weighted by Gasteiger charge is 2.62. The lowest BCUT2D eigenvalue weighted by Gasteiger charge is -2.38. The highest BCUT2D eigenvalue weighted by Crippen LogP contribution is 2.66. The Morgan fingerprint density at radius 1 is 1.35 bits per heavy atom. The first-order chi connectivity index (χ1) is 7.91. The first-order valence-corrected chi connectivity index (χ1v) is 7.11. The van der Waals surface area contributed by atoms with Crippen molar-refractivity contribution in [1.29, 1.82) is 0 Å². The zero-order valence-electron chi connectivity index (χ0n) is 11.7. The van der Waals surface area contributed by atoms with Crippen molar-refractivity contribution in [2.75, 3.05) is 0 Å². The summed E-state index contributed by atoms with van der Waals surface area (Å²) >= 11 is 0. The second kappa shape index (κ2) is 4.29. The van der Waals surface area contributed by atoms with Gasteiger partial charge in [-0.2, -0.15) is 0 Å². The number of hydrogen-bond acceptors (Lipinski definition) is 2. The van der Waals surface area contributed by atoms with Gasteiger partial charge in [0.2, 0.25) is 0 Å². The van der Waals surface area contributed by atoms with Gasteiger partial charge < -0.3 is 4.74 Å². The first-order valence-electron chi connectivity index (χ1n) is 7.11. The number of carbonyl (C=O) groups is 1. The molecular formula is C15H26O2. The molecule has 0 aromatic heterocycles. The predicted molar refractivity (Wildman–Crippen MR) is 68.6 cm³/mol. The number of ether oxygens (including phenoxy) is 1. The molecule has 0 aromatic rings. The lowest BCUT2D eigenvalue weighted by atomic mass is 9.70.